The minimum absolute atomic E-state index is 0.193. The van der Waals surface area contributed by atoms with E-state index in [1.807, 2.05) is 0 Å². The highest BCUT2D eigenvalue weighted by Crippen LogP contribution is 2.21. The Labute approximate surface area is 81.9 Å². The van der Waals surface area contributed by atoms with Crippen molar-refractivity contribution >= 4 is 0 Å². The molecule has 0 aromatic heterocycles. The van der Waals surface area contributed by atoms with Crippen LogP contribution in [-0.4, -0.2) is 6.54 Å². The summed E-state index contributed by atoms with van der Waals surface area (Å²) in [7, 11) is 0. The molecule has 0 heterocycles. The second-order valence-electron chi connectivity index (χ2n) is 3.28. The monoisotopic (exact) mass is 200 g/mol. The first kappa shape index (κ1) is 11.1. The van der Waals surface area contributed by atoms with E-state index in [-0.39, 0.29) is 11.1 Å². The molecular weight excluding hydrogens is 186 g/mol. The third-order valence-corrected chi connectivity index (χ3v) is 2.18. The maximum absolute atomic E-state index is 13.3. The molecule has 0 saturated heterocycles. The Morgan fingerprint density at radius 3 is 2.50 bits per heavy atom. The van der Waals surface area contributed by atoms with Gasteiger partial charge in [-0.25, -0.2) is 8.78 Å². The van der Waals surface area contributed by atoms with Gasteiger partial charge >= 0.3 is 0 Å². The number of benzene rings is 1. The molecule has 0 amide bonds. The van der Waals surface area contributed by atoms with Crippen molar-refractivity contribution in [3.05, 3.63) is 34.9 Å². The topological polar surface area (TPSA) is 52.0 Å². The van der Waals surface area contributed by atoms with Gasteiger partial charge in [0, 0.05) is 11.6 Å². The summed E-state index contributed by atoms with van der Waals surface area (Å²) in [6.07, 6.45) is 0.444. The molecule has 0 aliphatic carbocycles. The molecule has 78 valence electrons. The zero-order valence-electron chi connectivity index (χ0n) is 8.06. The van der Waals surface area contributed by atoms with Crippen LogP contribution in [0.15, 0.2) is 12.1 Å². The lowest BCUT2D eigenvalue weighted by molar-refractivity contribution is 0.480. The van der Waals surface area contributed by atoms with Crippen LogP contribution in [0.2, 0.25) is 0 Å². The molecule has 1 aromatic rings. The van der Waals surface area contributed by atoms with Crippen LogP contribution in [0.1, 0.15) is 23.6 Å². The standard InChI is InChI=1S/C10H14F2N2/c1-6-2-3-7(8(14)4-5-13)10(12)9(6)11/h2-3,8H,4-5,13-14H2,1H3/t8-/m1/s1. The van der Waals surface area contributed by atoms with E-state index < -0.39 is 17.7 Å². The molecule has 1 rings (SSSR count). The van der Waals surface area contributed by atoms with Gasteiger partial charge in [0.25, 0.3) is 0 Å². The Morgan fingerprint density at radius 1 is 1.29 bits per heavy atom. The van der Waals surface area contributed by atoms with Crippen LogP contribution in [0, 0.1) is 18.6 Å². The Kier molecular flexibility index (Phi) is 3.55. The molecule has 14 heavy (non-hydrogen) atoms. The number of halogens is 2. The first-order valence-electron chi connectivity index (χ1n) is 4.48. The fourth-order valence-electron chi connectivity index (χ4n) is 1.28. The van der Waals surface area contributed by atoms with Crippen molar-refractivity contribution in [1.29, 1.82) is 0 Å². The van der Waals surface area contributed by atoms with E-state index >= 15 is 0 Å². The van der Waals surface area contributed by atoms with Gasteiger partial charge in [0.1, 0.15) is 0 Å². The summed E-state index contributed by atoms with van der Waals surface area (Å²) in [4.78, 5) is 0. The van der Waals surface area contributed by atoms with E-state index in [1.54, 1.807) is 0 Å². The molecule has 4 N–H and O–H groups in total. The Bertz CT molecular complexity index is 326. The third-order valence-electron chi connectivity index (χ3n) is 2.18. The fraction of sp³-hybridized carbons (Fsp3) is 0.400. The number of hydrogen-bond donors (Lipinski definition) is 2. The van der Waals surface area contributed by atoms with Crippen LogP contribution >= 0.6 is 0 Å². The van der Waals surface area contributed by atoms with Crippen LogP contribution in [0.25, 0.3) is 0 Å². The molecule has 0 unspecified atom stereocenters. The van der Waals surface area contributed by atoms with Gasteiger partial charge in [0.2, 0.25) is 0 Å². The average molecular weight is 200 g/mol. The predicted molar refractivity (Wildman–Crippen MR) is 51.7 cm³/mol. The zero-order chi connectivity index (χ0) is 10.7. The maximum Gasteiger partial charge on any atom is 0.163 e. The average Bonchev–Trinajstić information content (AvgIpc) is 2.15. The molecule has 0 bridgehead atoms. The van der Waals surface area contributed by atoms with E-state index in [0.29, 0.717) is 13.0 Å². The van der Waals surface area contributed by atoms with Gasteiger partial charge in [-0.05, 0) is 25.5 Å². The molecule has 2 nitrogen and oxygen atoms in total. The lowest BCUT2D eigenvalue weighted by Gasteiger charge is -2.12. The summed E-state index contributed by atoms with van der Waals surface area (Å²) in [6.45, 7) is 1.87. The number of aryl methyl sites for hydroxylation is 1. The van der Waals surface area contributed by atoms with Crippen molar-refractivity contribution in [3.63, 3.8) is 0 Å². The summed E-state index contributed by atoms with van der Waals surface area (Å²) in [5.74, 6) is -1.68. The van der Waals surface area contributed by atoms with Crippen LogP contribution in [-0.2, 0) is 0 Å². The second-order valence-corrected chi connectivity index (χ2v) is 3.28. The smallest absolute Gasteiger partial charge is 0.163 e. The van der Waals surface area contributed by atoms with Gasteiger partial charge in [-0.2, -0.15) is 0 Å². The summed E-state index contributed by atoms with van der Waals surface area (Å²) in [5, 5.41) is 0. The largest absolute Gasteiger partial charge is 0.330 e. The molecule has 1 aromatic carbocycles. The highest BCUT2D eigenvalue weighted by molar-refractivity contribution is 5.27. The van der Waals surface area contributed by atoms with Crippen LogP contribution in [0.3, 0.4) is 0 Å². The molecule has 0 aliphatic heterocycles. The third kappa shape index (κ3) is 2.08. The maximum atomic E-state index is 13.3. The molecule has 1 atom stereocenters. The summed E-state index contributed by atoms with van der Waals surface area (Å²) in [6, 6.07) is 2.49. The Morgan fingerprint density at radius 2 is 1.93 bits per heavy atom. The highest BCUT2D eigenvalue weighted by Gasteiger charge is 2.15. The van der Waals surface area contributed by atoms with Gasteiger partial charge in [-0.3, -0.25) is 0 Å². The van der Waals surface area contributed by atoms with Crippen LogP contribution in [0.4, 0.5) is 8.78 Å². The van der Waals surface area contributed by atoms with Gasteiger partial charge < -0.3 is 11.5 Å². The lowest BCUT2D eigenvalue weighted by atomic mass is 10.0. The van der Waals surface area contributed by atoms with Crippen molar-refractivity contribution in [2.75, 3.05) is 6.54 Å². The summed E-state index contributed by atoms with van der Waals surface area (Å²) < 4.78 is 26.5. The molecule has 4 heteroatoms. The van der Waals surface area contributed by atoms with Crippen LogP contribution in [0.5, 0.6) is 0 Å². The van der Waals surface area contributed by atoms with Crippen molar-refractivity contribution in [1.82, 2.24) is 0 Å². The van der Waals surface area contributed by atoms with Crippen molar-refractivity contribution in [2.24, 2.45) is 11.5 Å². The van der Waals surface area contributed by atoms with Crippen molar-refractivity contribution in [2.45, 2.75) is 19.4 Å². The normalized spacial score (nSPS) is 12.9. The van der Waals surface area contributed by atoms with Gasteiger partial charge in [-0.15, -0.1) is 0 Å². The number of nitrogens with two attached hydrogens (primary N) is 2. The summed E-state index contributed by atoms with van der Waals surface area (Å²) in [5.41, 5.74) is 11.4. The van der Waals surface area contributed by atoms with Crippen molar-refractivity contribution in [3.8, 4) is 0 Å². The number of rotatable bonds is 3. The number of hydrogen-bond acceptors (Lipinski definition) is 2. The second kappa shape index (κ2) is 4.48. The van der Waals surface area contributed by atoms with E-state index in [9.17, 15) is 8.78 Å². The van der Waals surface area contributed by atoms with Crippen molar-refractivity contribution < 1.29 is 8.78 Å². The minimum atomic E-state index is -0.856. The summed E-state index contributed by atoms with van der Waals surface area (Å²) >= 11 is 0. The van der Waals surface area contributed by atoms with E-state index in [0.717, 1.165) is 0 Å². The lowest BCUT2D eigenvalue weighted by Crippen LogP contribution is -2.17. The zero-order valence-corrected chi connectivity index (χ0v) is 8.06. The van der Waals surface area contributed by atoms with E-state index in [2.05, 4.69) is 0 Å². The Balaban J connectivity index is 3.04. The van der Waals surface area contributed by atoms with Gasteiger partial charge in [0.15, 0.2) is 11.6 Å². The first-order chi connectivity index (χ1) is 6.57. The fourth-order valence-corrected chi connectivity index (χ4v) is 1.28. The van der Waals surface area contributed by atoms with E-state index in [1.165, 1.54) is 19.1 Å². The predicted octanol–water partition coefficient (Wildman–Crippen LogP) is 1.62. The minimum Gasteiger partial charge on any atom is -0.330 e. The molecule has 0 spiro atoms. The van der Waals surface area contributed by atoms with Gasteiger partial charge in [-0.1, -0.05) is 12.1 Å². The molecule has 0 radical (unpaired) electrons. The molecule has 0 saturated carbocycles. The van der Waals surface area contributed by atoms with Gasteiger partial charge in [0.05, 0.1) is 0 Å². The quantitative estimate of drug-likeness (QED) is 0.779. The SMILES string of the molecule is Cc1ccc([C@H](N)CCN)c(F)c1F. The molecule has 0 fully saturated rings. The molecule has 0 aliphatic rings. The first-order valence-corrected chi connectivity index (χ1v) is 4.48. The highest BCUT2D eigenvalue weighted by atomic mass is 19.2. The Hall–Kier alpha value is -1.00. The van der Waals surface area contributed by atoms with E-state index in [4.69, 9.17) is 11.5 Å². The van der Waals surface area contributed by atoms with Crippen LogP contribution < -0.4 is 11.5 Å². The molecular formula is C10H14F2N2.